The van der Waals surface area contributed by atoms with E-state index >= 15 is 0 Å². The monoisotopic (exact) mass is 477 g/mol. The van der Waals surface area contributed by atoms with Crippen LogP contribution in [0.25, 0.3) is 0 Å². The average molecular weight is 478 g/mol. The quantitative estimate of drug-likeness (QED) is 0.560. The second-order valence-corrected chi connectivity index (χ2v) is 8.88. The van der Waals surface area contributed by atoms with Crippen LogP contribution in [-0.4, -0.2) is 35.2 Å². The van der Waals surface area contributed by atoms with Crippen LogP contribution in [0.2, 0.25) is 0 Å². The summed E-state index contributed by atoms with van der Waals surface area (Å²) in [5, 5.41) is 5.67. The summed E-state index contributed by atoms with van der Waals surface area (Å²) >= 11 is 1.50. The van der Waals surface area contributed by atoms with Gasteiger partial charge in [-0.1, -0.05) is 42.1 Å². The molecule has 7 nitrogen and oxygen atoms in total. The van der Waals surface area contributed by atoms with Gasteiger partial charge in [-0.05, 0) is 61.9 Å². The summed E-state index contributed by atoms with van der Waals surface area (Å²) in [5.41, 5.74) is 4.75. The van der Waals surface area contributed by atoms with Gasteiger partial charge in [0.15, 0.2) is 11.8 Å². The number of amides is 1. The van der Waals surface area contributed by atoms with Gasteiger partial charge in [0.25, 0.3) is 5.91 Å². The molecule has 1 atom stereocenters. The molecule has 4 rings (SSSR count). The second kappa shape index (κ2) is 10.2. The Hall–Kier alpha value is -3.52. The summed E-state index contributed by atoms with van der Waals surface area (Å²) in [6, 6.07) is 12.9. The Bertz CT molecular complexity index is 1200. The molecule has 2 heterocycles. The van der Waals surface area contributed by atoms with Crippen molar-refractivity contribution in [3.63, 3.8) is 0 Å². The van der Waals surface area contributed by atoms with E-state index in [9.17, 15) is 9.59 Å². The molecule has 0 radical (unpaired) electrons. The van der Waals surface area contributed by atoms with Crippen molar-refractivity contribution in [2.24, 2.45) is 4.99 Å². The molecule has 34 heavy (non-hydrogen) atoms. The maximum absolute atomic E-state index is 12.8. The number of carbonyl (C=O) groups is 2. The molecular weight excluding hydrogens is 450 g/mol. The predicted octanol–water partition coefficient (Wildman–Crippen LogP) is 5.09. The van der Waals surface area contributed by atoms with Crippen molar-refractivity contribution in [3.05, 3.63) is 82.0 Å². The van der Waals surface area contributed by atoms with E-state index in [1.54, 1.807) is 13.0 Å². The second-order valence-electron chi connectivity index (χ2n) is 8.00. The third-order valence-electron chi connectivity index (χ3n) is 5.61. The van der Waals surface area contributed by atoms with Crippen LogP contribution < -0.4 is 10.1 Å². The van der Waals surface area contributed by atoms with Crippen LogP contribution in [0.1, 0.15) is 36.6 Å². The number of esters is 1. The fourth-order valence-electron chi connectivity index (χ4n) is 4.01. The molecule has 1 N–H and O–H groups in total. The summed E-state index contributed by atoms with van der Waals surface area (Å²) < 4.78 is 11.1. The molecule has 0 spiro atoms. The lowest BCUT2D eigenvalue weighted by molar-refractivity contribution is -0.139. The van der Waals surface area contributed by atoms with E-state index in [1.165, 1.54) is 11.8 Å². The molecule has 8 heteroatoms. The highest BCUT2D eigenvalue weighted by Crippen LogP contribution is 2.41. The van der Waals surface area contributed by atoms with Crippen LogP contribution in [0.15, 0.2) is 70.3 Å². The third-order valence-corrected chi connectivity index (χ3v) is 6.38. The number of hydrogen-bond donors (Lipinski definition) is 1. The van der Waals surface area contributed by atoms with Crippen LogP contribution in [0.4, 0.5) is 5.69 Å². The van der Waals surface area contributed by atoms with Crippen molar-refractivity contribution in [1.29, 1.82) is 0 Å². The number of aliphatic imine (C=N–C) groups is 1. The number of rotatable bonds is 7. The highest BCUT2D eigenvalue weighted by molar-refractivity contribution is 8.16. The maximum Gasteiger partial charge on any atom is 0.338 e. The number of allylic oxidation sites excluding steroid dienone is 1. The number of nitrogens with zero attached hydrogens (tertiary/aromatic N) is 2. The van der Waals surface area contributed by atoms with E-state index in [4.69, 9.17) is 9.47 Å². The zero-order valence-electron chi connectivity index (χ0n) is 19.6. The van der Waals surface area contributed by atoms with Crippen LogP contribution in [0.5, 0.6) is 5.75 Å². The fourth-order valence-corrected chi connectivity index (χ4v) is 4.80. The molecule has 0 aromatic heterocycles. The number of nitrogens with one attached hydrogen (secondary N) is 1. The lowest BCUT2D eigenvalue weighted by atomic mass is 9.94. The number of aryl methyl sites for hydroxylation is 2. The Balaban J connectivity index is 1.54. The first-order chi connectivity index (χ1) is 16.4. The fraction of sp³-hybridized carbons (Fsp3) is 0.269. The number of carbonyl (C=O) groups excluding carboxylic acids is 2. The van der Waals surface area contributed by atoms with Gasteiger partial charge in [-0.2, -0.15) is 0 Å². The van der Waals surface area contributed by atoms with Gasteiger partial charge < -0.3 is 19.7 Å². The first-order valence-corrected chi connectivity index (χ1v) is 11.9. The van der Waals surface area contributed by atoms with E-state index in [2.05, 4.69) is 10.3 Å². The van der Waals surface area contributed by atoms with E-state index < -0.39 is 12.0 Å². The van der Waals surface area contributed by atoms with Crippen LogP contribution in [0.3, 0.4) is 0 Å². The molecule has 2 aliphatic rings. The molecule has 1 amide bonds. The van der Waals surface area contributed by atoms with Crippen LogP contribution in [0, 0.1) is 13.8 Å². The van der Waals surface area contributed by atoms with Crippen LogP contribution in [-0.2, 0) is 14.3 Å². The molecular formula is C26H27N3O4S. The molecule has 0 saturated heterocycles. The molecule has 176 valence electrons. The number of para-hydroxylation sites is 1. The van der Waals surface area contributed by atoms with Gasteiger partial charge in [0, 0.05) is 11.9 Å². The summed E-state index contributed by atoms with van der Waals surface area (Å²) in [5.74, 6) is -0.0935. The first-order valence-electron chi connectivity index (χ1n) is 11.1. The minimum Gasteiger partial charge on any atom is -0.484 e. The van der Waals surface area contributed by atoms with Crippen molar-refractivity contribution in [3.8, 4) is 5.75 Å². The van der Waals surface area contributed by atoms with Crippen molar-refractivity contribution in [1.82, 2.24) is 4.90 Å². The molecule has 0 fully saturated rings. The van der Waals surface area contributed by atoms with E-state index in [0.717, 1.165) is 27.5 Å². The Morgan fingerprint density at radius 1 is 1.12 bits per heavy atom. The van der Waals surface area contributed by atoms with Crippen molar-refractivity contribution in [2.45, 2.75) is 33.7 Å². The predicted molar refractivity (Wildman–Crippen MR) is 135 cm³/mol. The minimum absolute atomic E-state index is 0.131. The van der Waals surface area contributed by atoms with E-state index in [1.807, 2.05) is 73.7 Å². The number of thioether (sulfide) groups is 1. The van der Waals surface area contributed by atoms with Gasteiger partial charge in [-0.3, -0.25) is 4.79 Å². The Morgan fingerprint density at radius 3 is 2.59 bits per heavy atom. The molecule has 0 aliphatic carbocycles. The van der Waals surface area contributed by atoms with Gasteiger partial charge in [0.2, 0.25) is 0 Å². The minimum atomic E-state index is -0.398. The van der Waals surface area contributed by atoms with Crippen LogP contribution >= 0.6 is 11.8 Å². The molecule has 0 saturated carbocycles. The van der Waals surface area contributed by atoms with E-state index in [-0.39, 0.29) is 19.1 Å². The van der Waals surface area contributed by atoms with Gasteiger partial charge in [-0.15, -0.1) is 0 Å². The van der Waals surface area contributed by atoms with Gasteiger partial charge in [-0.25, -0.2) is 9.79 Å². The van der Waals surface area contributed by atoms with Gasteiger partial charge in [0.1, 0.15) is 5.75 Å². The molecule has 0 bridgehead atoms. The van der Waals surface area contributed by atoms with Gasteiger partial charge in [0.05, 0.1) is 23.9 Å². The number of anilines is 1. The normalized spacial score (nSPS) is 16.8. The Kier molecular flexibility index (Phi) is 7.07. The third kappa shape index (κ3) is 4.87. The number of hydrogen-bond acceptors (Lipinski definition) is 7. The summed E-state index contributed by atoms with van der Waals surface area (Å²) in [6.07, 6.45) is 1.91. The molecule has 2 aliphatic heterocycles. The smallest absolute Gasteiger partial charge is 0.338 e. The van der Waals surface area contributed by atoms with E-state index in [0.29, 0.717) is 17.0 Å². The lowest BCUT2D eigenvalue weighted by Crippen LogP contribution is -2.34. The lowest BCUT2D eigenvalue weighted by Gasteiger charge is -2.33. The summed E-state index contributed by atoms with van der Waals surface area (Å²) in [4.78, 5) is 31.9. The zero-order chi connectivity index (χ0) is 24.2. The van der Waals surface area contributed by atoms with Crippen molar-refractivity contribution >= 4 is 34.5 Å². The number of ether oxygens (including phenoxy) is 2. The molecule has 0 unspecified atom stereocenters. The Labute approximate surface area is 203 Å². The number of benzene rings is 2. The van der Waals surface area contributed by atoms with Crippen molar-refractivity contribution < 1.29 is 19.1 Å². The average Bonchev–Trinajstić information content (AvgIpc) is 3.27. The van der Waals surface area contributed by atoms with Gasteiger partial charge >= 0.3 is 5.97 Å². The maximum atomic E-state index is 12.8. The zero-order valence-corrected chi connectivity index (χ0v) is 20.4. The highest BCUT2D eigenvalue weighted by atomic mass is 32.2. The highest BCUT2D eigenvalue weighted by Gasteiger charge is 2.37. The molecule has 2 aromatic carbocycles. The number of fused-ring (bicyclic) bond motifs is 1. The summed E-state index contributed by atoms with van der Waals surface area (Å²) in [7, 11) is 0. The first kappa shape index (κ1) is 23.6. The standard InChI is InChI=1S/C26H27N3O4S/c1-5-32-25(31)22-18(4)27-26-29(12-13-34-26)24(22)19-10-7-11-20(14-19)33-15-21(30)28-23-16(2)8-6-9-17(23)3/h6-14,24H,5,15H2,1-4H3,(H,28,30)/t24-/m1/s1. The topological polar surface area (TPSA) is 80.2 Å². The Morgan fingerprint density at radius 2 is 1.85 bits per heavy atom. The summed E-state index contributed by atoms with van der Waals surface area (Å²) in [6.45, 7) is 7.66. The molecule has 2 aromatic rings. The number of amidine groups is 1. The largest absolute Gasteiger partial charge is 0.484 e. The SMILES string of the molecule is CCOC(=O)C1=C(C)N=C2SC=CN2[C@@H]1c1cccc(OCC(=O)Nc2c(C)cccc2C)c1. The van der Waals surface area contributed by atoms with Crippen molar-refractivity contribution in [2.75, 3.05) is 18.5 Å².